The predicted molar refractivity (Wildman–Crippen MR) is 155 cm³/mol. The lowest BCUT2D eigenvalue weighted by Gasteiger charge is -2.24. The molecular formula is C27H28ClN5O6S. The zero-order chi connectivity index (χ0) is 29.0. The SMILES string of the molecule is COCCN(C(=O)COC(=O)c1cc(-c2ccc(Cl)s2)nc2ccccc12)c1c(N)n(CC(C)C)c(=O)[nH]c1=O. The van der Waals surface area contributed by atoms with Crippen LogP contribution in [0.25, 0.3) is 21.5 Å². The van der Waals surface area contributed by atoms with Gasteiger partial charge in [-0.15, -0.1) is 11.3 Å². The van der Waals surface area contributed by atoms with Gasteiger partial charge in [-0.2, -0.15) is 0 Å². The highest BCUT2D eigenvalue weighted by molar-refractivity contribution is 7.19. The molecule has 0 aliphatic heterocycles. The van der Waals surface area contributed by atoms with Gasteiger partial charge in [0.25, 0.3) is 11.5 Å². The lowest BCUT2D eigenvalue weighted by atomic mass is 10.1. The number of fused-ring (bicyclic) bond motifs is 1. The number of aromatic amines is 1. The van der Waals surface area contributed by atoms with Gasteiger partial charge in [-0.1, -0.05) is 43.6 Å². The number of halogens is 1. The van der Waals surface area contributed by atoms with Crippen molar-refractivity contribution in [2.75, 3.05) is 37.5 Å². The smallest absolute Gasteiger partial charge is 0.339 e. The summed E-state index contributed by atoms with van der Waals surface area (Å²) in [5.41, 5.74) is 5.78. The van der Waals surface area contributed by atoms with E-state index in [4.69, 9.17) is 26.8 Å². The number of ether oxygens (including phenoxy) is 2. The number of rotatable bonds is 10. The second kappa shape index (κ2) is 12.5. The zero-order valence-electron chi connectivity index (χ0n) is 22.1. The minimum atomic E-state index is -0.835. The van der Waals surface area contributed by atoms with E-state index < -0.39 is 29.7 Å². The van der Waals surface area contributed by atoms with Crippen molar-refractivity contribution in [3.63, 3.8) is 0 Å². The summed E-state index contributed by atoms with van der Waals surface area (Å²) in [6.07, 6.45) is 0. The third kappa shape index (κ3) is 6.24. The predicted octanol–water partition coefficient (Wildman–Crippen LogP) is 3.54. The molecule has 0 fully saturated rings. The molecule has 0 unspecified atom stereocenters. The van der Waals surface area contributed by atoms with Crippen LogP contribution in [0.4, 0.5) is 11.5 Å². The Hall–Kier alpha value is -4.00. The van der Waals surface area contributed by atoms with Crippen LogP contribution in [-0.4, -0.2) is 53.3 Å². The largest absolute Gasteiger partial charge is 0.452 e. The summed E-state index contributed by atoms with van der Waals surface area (Å²) >= 11 is 7.41. The number of hydrogen-bond acceptors (Lipinski definition) is 9. The molecule has 210 valence electrons. The third-order valence-corrected chi connectivity index (χ3v) is 7.19. The summed E-state index contributed by atoms with van der Waals surface area (Å²) < 4.78 is 12.3. The van der Waals surface area contributed by atoms with E-state index in [1.807, 2.05) is 13.8 Å². The fourth-order valence-electron chi connectivity index (χ4n) is 4.13. The van der Waals surface area contributed by atoms with Gasteiger partial charge in [0.2, 0.25) is 0 Å². The summed E-state index contributed by atoms with van der Waals surface area (Å²) in [7, 11) is 1.43. The number of thiophene rings is 1. The molecule has 4 rings (SSSR count). The van der Waals surface area contributed by atoms with Crippen LogP contribution in [0.15, 0.2) is 52.1 Å². The van der Waals surface area contributed by atoms with Crippen LogP contribution >= 0.6 is 22.9 Å². The Morgan fingerprint density at radius 1 is 1.20 bits per heavy atom. The number of H-pyrrole nitrogens is 1. The lowest BCUT2D eigenvalue weighted by molar-refractivity contribution is -0.121. The van der Waals surface area contributed by atoms with Gasteiger partial charge >= 0.3 is 11.7 Å². The van der Waals surface area contributed by atoms with Gasteiger partial charge < -0.3 is 15.2 Å². The molecule has 0 spiro atoms. The van der Waals surface area contributed by atoms with Crippen LogP contribution in [0.2, 0.25) is 4.34 Å². The van der Waals surface area contributed by atoms with Gasteiger partial charge in [0.15, 0.2) is 12.3 Å². The van der Waals surface area contributed by atoms with Gasteiger partial charge in [-0.25, -0.2) is 14.6 Å². The minimum absolute atomic E-state index is 0.0353. The summed E-state index contributed by atoms with van der Waals surface area (Å²) in [6, 6.07) is 12.2. The fraction of sp³-hybridized carbons (Fsp3) is 0.296. The first kappa shape index (κ1) is 29.0. The molecule has 0 aliphatic carbocycles. The van der Waals surface area contributed by atoms with E-state index in [2.05, 4.69) is 9.97 Å². The van der Waals surface area contributed by atoms with Gasteiger partial charge in [0, 0.05) is 25.6 Å². The fourth-order valence-corrected chi connectivity index (χ4v) is 5.14. The van der Waals surface area contributed by atoms with E-state index in [0.29, 0.717) is 20.9 Å². The summed E-state index contributed by atoms with van der Waals surface area (Å²) in [4.78, 5) is 60.4. The van der Waals surface area contributed by atoms with Gasteiger partial charge in [-0.3, -0.25) is 24.0 Å². The van der Waals surface area contributed by atoms with Crippen molar-refractivity contribution in [2.45, 2.75) is 20.4 Å². The van der Waals surface area contributed by atoms with Crippen molar-refractivity contribution in [1.29, 1.82) is 0 Å². The molecule has 0 atom stereocenters. The summed E-state index contributed by atoms with van der Waals surface area (Å²) in [5.74, 6) is -1.61. The number of nitrogens with one attached hydrogen (secondary N) is 1. The Labute approximate surface area is 238 Å². The van der Waals surface area contributed by atoms with Crippen LogP contribution in [0.1, 0.15) is 24.2 Å². The van der Waals surface area contributed by atoms with E-state index in [0.717, 1.165) is 9.78 Å². The van der Waals surface area contributed by atoms with E-state index in [1.165, 1.54) is 23.0 Å². The number of aromatic nitrogens is 3. The first-order valence-electron chi connectivity index (χ1n) is 12.3. The van der Waals surface area contributed by atoms with Gasteiger partial charge in [0.1, 0.15) is 5.82 Å². The van der Waals surface area contributed by atoms with Crippen LogP contribution in [0.5, 0.6) is 0 Å². The standard InChI is InChI=1S/C27H28ClN5O6S/c1-15(2)13-33-24(29)23(25(35)31-27(33)37)32(10-11-38-3)22(34)14-39-26(36)17-12-19(20-8-9-21(28)40-20)30-18-7-5-4-6-16(17)18/h4-9,12,15H,10-11,13-14,29H2,1-3H3,(H,31,35,37). The molecule has 4 aromatic rings. The molecule has 0 radical (unpaired) electrons. The number of anilines is 2. The molecule has 1 amide bonds. The summed E-state index contributed by atoms with van der Waals surface area (Å²) in [6.45, 7) is 3.28. The van der Waals surface area contributed by atoms with Gasteiger partial charge in [-0.05, 0) is 30.2 Å². The minimum Gasteiger partial charge on any atom is -0.452 e. The van der Waals surface area contributed by atoms with Crippen molar-refractivity contribution in [1.82, 2.24) is 14.5 Å². The average Bonchev–Trinajstić information content (AvgIpc) is 3.36. The third-order valence-electron chi connectivity index (χ3n) is 5.94. The summed E-state index contributed by atoms with van der Waals surface area (Å²) in [5, 5.41) is 0.545. The number of methoxy groups -OCH3 is 1. The Morgan fingerprint density at radius 3 is 2.62 bits per heavy atom. The maximum Gasteiger partial charge on any atom is 0.339 e. The van der Waals surface area contributed by atoms with E-state index in [-0.39, 0.29) is 42.7 Å². The number of carbonyl (C=O) groups is 2. The van der Waals surface area contributed by atoms with E-state index in [9.17, 15) is 19.2 Å². The quantitative estimate of drug-likeness (QED) is 0.268. The zero-order valence-corrected chi connectivity index (χ0v) is 23.7. The number of benzene rings is 1. The Balaban J connectivity index is 1.65. The van der Waals surface area contributed by atoms with Crippen LogP contribution in [0, 0.1) is 5.92 Å². The molecule has 3 heterocycles. The maximum atomic E-state index is 13.3. The number of nitrogen functional groups attached to an aromatic ring is 1. The highest BCUT2D eigenvalue weighted by atomic mass is 35.5. The molecule has 3 aromatic heterocycles. The second-order valence-corrected chi connectivity index (χ2v) is 11.0. The molecule has 40 heavy (non-hydrogen) atoms. The number of hydrogen-bond donors (Lipinski definition) is 2. The monoisotopic (exact) mass is 585 g/mol. The second-order valence-electron chi connectivity index (χ2n) is 9.29. The Bertz CT molecular complexity index is 1680. The van der Waals surface area contributed by atoms with Crippen molar-refractivity contribution in [3.05, 3.63) is 73.2 Å². The number of pyridine rings is 1. The first-order chi connectivity index (χ1) is 19.1. The molecule has 0 bridgehead atoms. The van der Waals surface area contributed by atoms with Crippen molar-refractivity contribution in [2.24, 2.45) is 5.92 Å². The van der Waals surface area contributed by atoms with Crippen molar-refractivity contribution < 1.29 is 19.1 Å². The molecular weight excluding hydrogens is 558 g/mol. The highest BCUT2D eigenvalue weighted by Crippen LogP contribution is 2.32. The first-order valence-corrected chi connectivity index (χ1v) is 13.5. The highest BCUT2D eigenvalue weighted by Gasteiger charge is 2.26. The lowest BCUT2D eigenvalue weighted by Crippen LogP contribution is -2.44. The molecule has 3 N–H and O–H groups in total. The molecule has 1 aromatic carbocycles. The van der Waals surface area contributed by atoms with Crippen LogP contribution in [0.3, 0.4) is 0 Å². The maximum absolute atomic E-state index is 13.3. The molecule has 0 saturated carbocycles. The Kier molecular flexibility index (Phi) is 9.03. The van der Waals surface area contributed by atoms with Gasteiger partial charge in [0.05, 0.1) is 32.6 Å². The number of para-hydroxylation sites is 1. The molecule has 11 nitrogen and oxygen atoms in total. The number of nitrogens with two attached hydrogens (primary N) is 1. The van der Waals surface area contributed by atoms with Crippen LogP contribution < -0.4 is 21.9 Å². The topological polar surface area (TPSA) is 150 Å². The number of amides is 1. The molecule has 0 saturated heterocycles. The van der Waals surface area contributed by atoms with E-state index >= 15 is 0 Å². The average molecular weight is 586 g/mol. The van der Waals surface area contributed by atoms with Crippen molar-refractivity contribution >= 4 is 57.2 Å². The Morgan fingerprint density at radius 2 is 1.95 bits per heavy atom. The van der Waals surface area contributed by atoms with Crippen molar-refractivity contribution in [3.8, 4) is 10.6 Å². The molecule has 0 aliphatic rings. The number of nitrogens with zero attached hydrogens (tertiary/aromatic N) is 3. The van der Waals surface area contributed by atoms with E-state index in [1.54, 1.807) is 42.5 Å². The normalized spacial score (nSPS) is 11.2. The molecule has 13 heteroatoms. The number of esters is 1. The van der Waals surface area contributed by atoms with Crippen LogP contribution in [-0.2, 0) is 20.8 Å². The number of carbonyl (C=O) groups excluding carboxylic acids is 2.